The van der Waals surface area contributed by atoms with Gasteiger partial charge in [-0.15, -0.1) is 0 Å². The fourth-order valence-corrected chi connectivity index (χ4v) is 4.40. The molecule has 2 aromatic carbocycles. The second kappa shape index (κ2) is 12.3. The number of aliphatic hydroxyl groups is 1. The normalized spacial score (nSPS) is 13.9. The van der Waals surface area contributed by atoms with Crippen molar-refractivity contribution in [1.29, 1.82) is 0 Å². The van der Waals surface area contributed by atoms with E-state index in [1.807, 2.05) is 0 Å². The monoisotopic (exact) mass is 599 g/mol. The van der Waals surface area contributed by atoms with E-state index in [-0.39, 0.29) is 18.1 Å². The summed E-state index contributed by atoms with van der Waals surface area (Å²) < 4.78 is 78.4. The number of alkyl halides is 3. The number of rotatable bonds is 11. The van der Waals surface area contributed by atoms with Gasteiger partial charge in [0.05, 0.1) is 31.1 Å². The second-order valence-corrected chi connectivity index (χ2v) is 9.91. The van der Waals surface area contributed by atoms with Crippen molar-refractivity contribution < 1.29 is 31.6 Å². The Morgan fingerprint density at radius 1 is 0.977 bits per heavy atom. The Balaban J connectivity index is 1.43. The zero-order valence-corrected chi connectivity index (χ0v) is 22.7. The van der Waals surface area contributed by atoms with Crippen molar-refractivity contribution in [3.05, 3.63) is 102 Å². The van der Waals surface area contributed by atoms with Crippen LogP contribution in [0.2, 0.25) is 0 Å². The first-order chi connectivity index (χ1) is 20.6. The maximum atomic E-state index is 14.8. The van der Waals surface area contributed by atoms with Crippen LogP contribution >= 0.6 is 0 Å². The molecular weight excluding hydrogens is 573 g/mol. The van der Waals surface area contributed by atoms with Gasteiger partial charge in [-0.3, -0.25) is 10.00 Å². The Morgan fingerprint density at radius 2 is 1.72 bits per heavy atom. The van der Waals surface area contributed by atoms with Crippen molar-refractivity contribution in [2.45, 2.75) is 31.2 Å². The summed E-state index contributed by atoms with van der Waals surface area (Å²) in [5.74, 6) is -2.03. The van der Waals surface area contributed by atoms with E-state index in [9.17, 15) is 27.1 Å². The Morgan fingerprint density at radius 3 is 2.40 bits per heavy atom. The fraction of sp³-hybridized carbons (Fsp3) is 0.241. The highest BCUT2D eigenvalue weighted by Crippen LogP contribution is 2.33. The van der Waals surface area contributed by atoms with Gasteiger partial charge in [-0.2, -0.15) is 18.3 Å². The van der Waals surface area contributed by atoms with Gasteiger partial charge in [-0.25, -0.2) is 18.7 Å². The number of anilines is 1. The zero-order valence-electron chi connectivity index (χ0n) is 22.7. The highest BCUT2D eigenvalue weighted by molar-refractivity contribution is 5.63. The fourth-order valence-electron chi connectivity index (χ4n) is 4.40. The van der Waals surface area contributed by atoms with Gasteiger partial charge in [0.15, 0.2) is 17.5 Å². The van der Waals surface area contributed by atoms with Crippen LogP contribution in [0.4, 0.5) is 27.8 Å². The molecule has 0 unspecified atom stereocenters. The van der Waals surface area contributed by atoms with Crippen LogP contribution in [0.3, 0.4) is 0 Å². The lowest BCUT2D eigenvalue weighted by molar-refractivity contribution is -0.190. The van der Waals surface area contributed by atoms with Crippen molar-refractivity contribution >= 4 is 5.82 Å². The molecule has 0 bridgehead atoms. The molecule has 224 valence electrons. The maximum absolute atomic E-state index is 14.8. The summed E-state index contributed by atoms with van der Waals surface area (Å²) in [6.45, 7) is -0.533. The van der Waals surface area contributed by atoms with Crippen molar-refractivity contribution in [3.8, 4) is 22.9 Å². The van der Waals surface area contributed by atoms with Crippen LogP contribution in [0.1, 0.15) is 24.1 Å². The first kappa shape index (κ1) is 29.8. The molecule has 2 atom stereocenters. The van der Waals surface area contributed by atoms with Crippen molar-refractivity contribution in [2.24, 2.45) is 0 Å². The van der Waals surface area contributed by atoms with E-state index in [1.165, 1.54) is 23.1 Å². The molecular formula is C29H26F5N7O2. The van der Waals surface area contributed by atoms with E-state index in [2.05, 4.69) is 30.9 Å². The summed E-state index contributed by atoms with van der Waals surface area (Å²) in [6.07, 6.45) is -2.64. The number of hydrogen-bond donors (Lipinski definition) is 3. The molecule has 0 amide bonds. The summed E-state index contributed by atoms with van der Waals surface area (Å²) in [4.78, 5) is 8.08. The lowest BCUT2D eigenvalue weighted by Crippen LogP contribution is -2.60. The third kappa shape index (κ3) is 6.54. The molecule has 0 fully saturated rings. The Kier molecular flexibility index (Phi) is 8.50. The van der Waals surface area contributed by atoms with Crippen molar-refractivity contribution in [1.82, 2.24) is 30.2 Å². The summed E-state index contributed by atoms with van der Waals surface area (Å²) in [5, 5.41) is 23.1. The number of hydrogen-bond acceptors (Lipinski definition) is 8. The molecule has 0 aliphatic heterocycles. The summed E-state index contributed by atoms with van der Waals surface area (Å²) >= 11 is 0. The zero-order chi connectivity index (χ0) is 30.6. The molecule has 14 heteroatoms. The standard InChI is InChI=1S/C29H26F5N7O2/c1-28(29(32,33)34,38-24(16-42)18-7-3-2-4-8-18)17-36-26-21(31)14-35-27(37-26)23-13-25(22-11-12-43-40-22)41(39-23)15-19-9-5-6-10-20(19)30/h2-14,24,38,42H,15-17H2,1H3,(H,35,36,37)/t24-,28-/m0/s1. The van der Waals surface area contributed by atoms with Crippen LogP contribution in [-0.2, 0) is 6.54 Å². The molecule has 3 aromatic heterocycles. The van der Waals surface area contributed by atoms with Gasteiger partial charge in [0.25, 0.3) is 0 Å². The van der Waals surface area contributed by atoms with Crippen molar-refractivity contribution in [2.75, 3.05) is 18.5 Å². The van der Waals surface area contributed by atoms with Gasteiger partial charge < -0.3 is 14.9 Å². The Hall–Kier alpha value is -4.69. The van der Waals surface area contributed by atoms with Crippen LogP contribution in [-0.4, -0.2) is 54.9 Å². The first-order valence-electron chi connectivity index (χ1n) is 13.1. The van der Waals surface area contributed by atoms with E-state index >= 15 is 0 Å². The lowest BCUT2D eigenvalue weighted by atomic mass is 9.97. The average molecular weight is 600 g/mol. The molecule has 5 rings (SSSR count). The van der Waals surface area contributed by atoms with Crippen LogP contribution in [0.5, 0.6) is 0 Å². The first-order valence-corrected chi connectivity index (χ1v) is 13.1. The van der Waals surface area contributed by atoms with Crippen LogP contribution in [0, 0.1) is 11.6 Å². The summed E-state index contributed by atoms with van der Waals surface area (Å²) in [7, 11) is 0. The predicted octanol–water partition coefficient (Wildman–Crippen LogP) is 5.38. The van der Waals surface area contributed by atoms with Crippen LogP contribution < -0.4 is 10.6 Å². The molecule has 0 radical (unpaired) electrons. The molecule has 0 saturated carbocycles. The van der Waals surface area contributed by atoms with E-state index in [0.717, 1.165) is 13.1 Å². The topological polar surface area (TPSA) is 114 Å². The maximum Gasteiger partial charge on any atom is 0.408 e. The van der Waals surface area contributed by atoms with Gasteiger partial charge in [-0.1, -0.05) is 53.7 Å². The largest absolute Gasteiger partial charge is 0.408 e. The molecule has 9 nitrogen and oxygen atoms in total. The van der Waals surface area contributed by atoms with Gasteiger partial charge >= 0.3 is 6.18 Å². The summed E-state index contributed by atoms with van der Waals surface area (Å²) in [5.41, 5.74) is -0.892. The number of benzene rings is 2. The number of aromatic nitrogens is 5. The van der Waals surface area contributed by atoms with Gasteiger partial charge in [0.2, 0.25) is 0 Å². The highest BCUT2D eigenvalue weighted by atomic mass is 19.4. The minimum absolute atomic E-state index is 0.00418. The predicted molar refractivity (Wildman–Crippen MR) is 147 cm³/mol. The molecule has 3 heterocycles. The molecule has 0 saturated heterocycles. The molecule has 0 aliphatic carbocycles. The number of halogens is 5. The SMILES string of the molecule is C[C@@](CNc1nc(-c2cc(-c3ccon3)n(Cc3ccccc3F)n2)ncc1F)(N[C@@H](CO)c1ccccc1)C(F)(F)F. The third-order valence-corrected chi connectivity index (χ3v) is 6.84. The van der Waals surface area contributed by atoms with Crippen LogP contribution in [0.15, 0.2) is 83.7 Å². The average Bonchev–Trinajstić information content (AvgIpc) is 3.67. The number of nitrogens with zero attached hydrogens (tertiary/aromatic N) is 5. The van der Waals surface area contributed by atoms with E-state index in [0.29, 0.717) is 22.5 Å². The Labute approximate surface area is 242 Å². The number of nitrogens with one attached hydrogen (secondary N) is 2. The third-order valence-electron chi connectivity index (χ3n) is 6.84. The quantitative estimate of drug-likeness (QED) is 0.174. The molecule has 5 aromatic rings. The molecule has 0 aliphatic rings. The minimum Gasteiger partial charge on any atom is -0.394 e. The van der Waals surface area contributed by atoms with E-state index in [1.54, 1.807) is 54.6 Å². The van der Waals surface area contributed by atoms with Crippen molar-refractivity contribution in [3.63, 3.8) is 0 Å². The van der Waals surface area contributed by atoms with E-state index < -0.39 is 48.4 Å². The lowest BCUT2D eigenvalue weighted by Gasteiger charge is -2.36. The molecule has 3 N–H and O–H groups in total. The van der Waals surface area contributed by atoms with E-state index in [4.69, 9.17) is 4.52 Å². The minimum atomic E-state index is -4.80. The van der Waals surface area contributed by atoms with Gasteiger partial charge in [0, 0.05) is 18.2 Å². The molecule has 0 spiro atoms. The van der Waals surface area contributed by atoms with Gasteiger partial charge in [-0.05, 0) is 24.6 Å². The smallest absolute Gasteiger partial charge is 0.394 e. The second-order valence-electron chi connectivity index (χ2n) is 9.91. The molecule has 43 heavy (non-hydrogen) atoms. The van der Waals surface area contributed by atoms with Gasteiger partial charge in [0.1, 0.15) is 29.0 Å². The summed E-state index contributed by atoms with van der Waals surface area (Å²) in [6, 6.07) is 16.3. The van der Waals surface area contributed by atoms with Crippen LogP contribution in [0.25, 0.3) is 22.9 Å². The highest BCUT2D eigenvalue weighted by Gasteiger charge is 2.52. The Bertz CT molecular complexity index is 1660. The number of aliphatic hydroxyl groups excluding tert-OH is 1.